The Kier molecular flexibility index (Phi) is 4.99. The van der Waals surface area contributed by atoms with Crippen LogP contribution in [0.2, 0.25) is 0 Å². The van der Waals surface area contributed by atoms with E-state index in [0.29, 0.717) is 6.04 Å². The van der Waals surface area contributed by atoms with E-state index in [0.717, 1.165) is 18.7 Å². The molecule has 5 heteroatoms. The fourth-order valence-corrected chi connectivity index (χ4v) is 3.53. The fraction of sp³-hybridized carbons (Fsp3) is 0.632. The number of carbonyl (C=O) groups is 1. The molecule has 0 spiro atoms. The number of hydrogen-bond acceptors (Lipinski definition) is 3. The molecular weight excluding hydrogens is 302 g/mol. The highest BCUT2D eigenvalue weighted by Gasteiger charge is 2.43. The SMILES string of the molecule is COc1cccc([C@@H]2[C@H](NC(=O)N(C)C(C)C)CCN2C2CC2)c1. The maximum atomic E-state index is 12.5. The van der Waals surface area contributed by atoms with Crippen LogP contribution in [0.3, 0.4) is 0 Å². The number of benzene rings is 1. The van der Waals surface area contributed by atoms with Crippen LogP contribution < -0.4 is 10.1 Å². The van der Waals surface area contributed by atoms with Crippen LogP contribution >= 0.6 is 0 Å². The number of hydrogen-bond donors (Lipinski definition) is 1. The van der Waals surface area contributed by atoms with Crippen LogP contribution in [0.15, 0.2) is 24.3 Å². The molecule has 5 nitrogen and oxygen atoms in total. The Balaban J connectivity index is 1.81. The Morgan fingerprint density at radius 2 is 2.08 bits per heavy atom. The van der Waals surface area contributed by atoms with Gasteiger partial charge in [-0.15, -0.1) is 0 Å². The summed E-state index contributed by atoms with van der Waals surface area (Å²) in [6.45, 7) is 5.11. The normalized spacial score (nSPS) is 24.2. The second-order valence-corrected chi connectivity index (χ2v) is 7.24. The third-order valence-corrected chi connectivity index (χ3v) is 5.29. The molecule has 1 heterocycles. The average molecular weight is 331 g/mol. The van der Waals surface area contributed by atoms with Gasteiger partial charge in [0.1, 0.15) is 5.75 Å². The van der Waals surface area contributed by atoms with Crippen molar-refractivity contribution in [2.24, 2.45) is 0 Å². The largest absolute Gasteiger partial charge is 0.497 e. The number of amides is 2. The summed E-state index contributed by atoms with van der Waals surface area (Å²) in [7, 11) is 3.55. The maximum Gasteiger partial charge on any atom is 0.317 e. The highest BCUT2D eigenvalue weighted by atomic mass is 16.5. The zero-order valence-corrected chi connectivity index (χ0v) is 15.2. The number of ether oxygens (including phenoxy) is 1. The first kappa shape index (κ1) is 17.1. The molecule has 2 fully saturated rings. The van der Waals surface area contributed by atoms with Crippen molar-refractivity contribution >= 4 is 6.03 Å². The molecule has 1 aromatic carbocycles. The molecule has 2 atom stereocenters. The number of nitrogens with zero attached hydrogens (tertiary/aromatic N) is 2. The Labute approximate surface area is 145 Å². The van der Waals surface area contributed by atoms with Gasteiger partial charge in [-0.3, -0.25) is 4.90 Å². The number of carbonyl (C=O) groups excluding carboxylic acids is 1. The fourth-order valence-electron chi connectivity index (χ4n) is 3.53. The van der Waals surface area contributed by atoms with E-state index in [1.807, 2.05) is 33.0 Å². The molecule has 0 aromatic heterocycles. The van der Waals surface area contributed by atoms with Crippen molar-refractivity contribution in [3.63, 3.8) is 0 Å². The molecule has 0 unspecified atom stereocenters. The molecule has 2 amide bonds. The van der Waals surface area contributed by atoms with Gasteiger partial charge in [-0.1, -0.05) is 12.1 Å². The van der Waals surface area contributed by atoms with Crippen LogP contribution in [0.4, 0.5) is 4.79 Å². The van der Waals surface area contributed by atoms with Crippen LogP contribution in [0, 0.1) is 0 Å². The van der Waals surface area contributed by atoms with E-state index in [9.17, 15) is 4.79 Å². The lowest BCUT2D eigenvalue weighted by Crippen LogP contribution is -2.47. The predicted octanol–water partition coefficient (Wildman–Crippen LogP) is 3.02. The summed E-state index contributed by atoms with van der Waals surface area (Å²) in [5.74, 6) is 0.875. The van der Waals surface area contributed by atoms with E-state index in [-0.39, 0.29) is 24.2 Å². The molecule has 0 radical (unpaired) electrons. The molecule has 1 aromatic rings. The average Bonchev–Trinajstić information content (AvgIpc) is 3.35. The highest BCUT2D eigenvalue weighted by Crippen LogP contribution is 2.41. The van der Waals surface area contributed by atoms with Crippen molar-refractivity contribution in [2.75, 3.05) is 20.7 Å². The highest BCUT2D eigenvalue weighted by molar-refractivity contribution is 5.74. The number of rotatable bonds is 5. The maximum absolute atomic E-state index is 12.5. The zero-order chi connectivity index (χ0) is 17.3. The van der Waals surface area contributed by atoms with Gasteiger partial charge in [0.15, 0.2) is 0 Å². The first-order chi connectivity index (χ1) is 11.5. The smallest absolute Gasteiger partial charge is 0.317 e. The van der Waals surface area contributed by atoms with Crippen molar-refractivity contribution < 1.29 is 9.53 Å². The minimum absolute atomic E-state index is 0.0144. The van der Waals surface area contributed by atoms with Crippen LogP contribution in [-0.4, -0.2) is 54.7 Å². The summed E-state index contributed by atoms with van der Waals surface area (Å²) in [5.41, 5.74) is 1.23. The Hall–Kier alpha value is -1.75. The van der Waals surface area contributed by atoms with Gasteiger partial charge in [-0.2, -0.15) is 0 Å². The van der Waals surface area contributed by atoms with Crippen LogP contribution in [0.1, 0.15) is 44.7 Å². The van der Waals surface area contributed by atoms with E-state index in [1.165, 1.54) is 18.4 Å². The first-order valence-corrected chi connectivity index (χ1v) is 8.94. The molecule has 1 N–H and O–H groups in total. The van der Waals surface area contributed by atoms with E-state index < -0.39 is 0 Å². The molecule has 3 rings (SSSR count). The van der Waals surface area contributed by atoms with E-state index in [4.69, 9.17) is 4.74 Å². The number of methoxy groups -OCH3 is 1. The van der Waals surface area contributed by atoms with Crippen molar-refractivity contribution in [3.8, 4) is 5.75 Å². The van der Waals surface area contributed by atoms with Gasteiger partial charge in [0, 0.05) is 25.7 Å². The number of urea groups is 1. The molecular formula is C19H29N3O2. The Morgan fingerprint density at radius 3 is 2.71 bits per heavy atom. The standard InChI is InChI=1S/C19H29N3O2/c1-13(2)21(3)19(23)20-17-10-11-22(15-8-9-15)18(17)14-6-5-7-16(12-14)24-4/h5-7,12-13,15,17-18H,8-11H2,1-4H3,(H,20,23)/t17-,18-/m1/s1. The minimum atomic E-state index is 0.0144. The van der Waals surface area contributed by atoms with Gasteiger partial charge >= 0.3 is 6.03 Å². The molecule has 2 aliphatic rings. The Morgan fingerprint density at radius 1 is 1.33 bits per heavy atom. The summed E-state index contributed by atoms with van der Waals surface area (Å²) in [6.07, 6.45) is 3.54. The van der Waals surface area contributed by atoms with Gasteiger partial charge in [-0.25, -0.2) is 4.79 Å². The number of nitrogens with one attached hydrogen (secondary N) is 1. The van der Waals surface area contributed by atoms with E-state index >= 15 is 0 Å². The topological polar surface area (TPSA) is 44.8 Å². The van der Waals surface area contributed by atoms with Gasteiger partial charge in [0.2, 0.25) is 0 Å². The van der Waals surface area contributed by atoms with Crippen LogP contribution in [-0.2, 0) is 0 Å². The summed E-state index contributed by atoms with van der Waals surface area (Å²) >= 11 is 0. The summed E-state index contributed by atoms with van der Waals surface area (Å²) in [4.78, 5) is 16.8. The quantitative estimate of drug-likeness (QED) is 0.902. The van der Waals surface area contributed by atoms with Gasteiger partial charge in [-0.05, 0) is 50.8 Å². The molecule has 0 bridgehead atoms. The van der Waals surface area contributed by atoms with Crippen molar-refractivity contribution in [3.05, 3.63) is 29.8 Å². The minimum Gasteiger partial charge on any atom is -0.497 e. The first-order valence-electron chi connectivity index (χ1n) is 8.94. The van der Waals surface area contributed by atoms with E-state index in [2.05, 4.69) is 22.3 Å². The van der Waals surface area contributed by atoms with Crippen LogP contribution in [0.5, 0.6) is 5.75 Å². The molecule has 1 aliphatic heterocycles. The monoisotopic (exact) mass is 331 g/mol. The van der Waals surface area contributed by atoms with Crippen LogP contribution in [0.25, 0.3) is 0 Å². The third-order valence-electron chi connectivity index (χ3n) is 5.29. The lowest BCUT2D eigenvalue weighted by molar-refractivity contribution is 0.183. The predicted molar refractivity (Wildman–Crippen MR) is 95.3 cm³/mol. The summed E-state index contributed by atoms with van der Waals surface area (Å²) in [6, 6.07) is 9.53. The lowest BCUT2D eigenvalue weighted by Gasteiger charge is -2.31. The molecule has 132 valence electrons. The molecule has 1 saturated heterocycles. The van der Waals surface area contributed by atoms with Crippen molar-refractivity contribution in [1.82, 2.24) is 15.1 Å². The second-order valence-electron chi connectivity index (χ2n) is 7.24. The van der Waals surface area contributed by atoms with E-state index in [1.54, 1.807) is 12.0 Å². The molecule has 24 heavy (non-hydrogen) atoms. The third kappa shape index (κ3) is 3.51. The summed E-state index contributed by atoms with van der Waals surface area (Å²) < 4.78 is 5.40. The van der Waals surface area contributed by atoms with Crippen molar-refractivity contribution in [2.45, 2.75) is 57.3 Å². The number of likely N-dealkylation sites (tertiary alicyclic amines) is 1. The second kappa shape index (κ2) is 7.01. The van der Waals surface area contributed by atoms with Crippen molar-refractivity contribution in [1.29, 1.82) is 0 Å². The molecule has 1 aliphatic carbocycles. The van der Waals surface area contributed by atoms with Gasteiger partial charge in [0.05, 0.1) is 19.2 Å². The summed E-state index contributed by atoms with van der Waals surface area (Å²) in [5, 5.41) is 3.26. The molecule has 1 saturated carbocycles. The van der Waals surface area contributed by atoms with Gasteiger partial charge in [0.25, 0.3) is 0 Å². The zero-order valence-electron chi connectivity index (χ0n) is 15.2. The van der Waals surface area contributed by atoms with Gasteiger partial charge < -0.3 is 15.0 Å². The lowest BCUT2D eigenvalue weighted by atomic mass is 9.99. The Bertz CT molecular complexity index is 586.